The molecule has 148 valence electrons. The van der Waals surface area contributed by atoms with Crippen LogP contribution in [0, 0.1) is 10.1 Å². The molecule has 1 aliphatic carbocycles. The topological polar surface area (TPSA) is 66.6 Å². The van der Waals surface area contributed by atoms with Crippen LogP contribution in [0.3, 0.4) is 0 Å². The molecule has 2 atom stereocenters. The Hall–Kier alpha value is -3.02. The summed E-state index contributed by atoms with van der Waals surface area (Å²) < 4.78 is 0. The van der Waals surface area contributed by atoms with Crippen LogP contribution in [-0.4, -0.2) is 21.0 Å². The minimum atomic E-state index is -0.581. The van der Waals surface area contributed by atoms with Crippen LogP contribution in [0.15, 0.2) is 78.9 Å². The molecule has 5 heteroatoms. The fraction of sp³-hybridized carbons (Fsp3) is 0.250. The highest BCUT2D eigenvalue weighted by Crippen LogP contribution is 2.34. The van der Waals surface area contributed by atoms with E-state index in [1.165, 1.54) is 11.6 Å². The molecule has 4 rings (SSSR count). The van der Waals surface area contributed by atoms with Crippen LogP contribution in [0.4, 0.5) is 5.69 Å². The van der Waals surface area contributed by atoms with E-state index in [1.807, 2.05) is 42.5 Å². The van der Waals surface area contributed by atoms with E-state index < -0.39 is 6.10 Å². The van der Waals surface area contributed by atoms with Crippen LogP contribution in [-0.2, 0) is 19.5 Å². The monoisotopic (exact) mass is 388 g/mol. The highest BCUT2D eigenvalue weighted by molar-refractivity contribution is 5.35. The lowest BCUT2D eigenvalue weighted by atomic mass is 9.84. The van der Waals surface area contributed by atoms with Crippen molar-refractivity contribution >= 4 is 5.69 Å². The third-order valence-corrected chi connectivity index (χ3v) is 5.65. The first-order valence-electron chi connectivity index (χ1n) is 9.89. The Morgan fingerprint density at radius 3 is 2.41 bits per heavy atom. The van der Waals surface area contributed by atoms with Crippen molar-refractivity contribution in [1.29, 1.82) is 0 Å². The number of nitro benzene ring substituents is 1. The molecule has 0 saturated carbocycles. The molecule has 0 spiro atoms. The zero-order chi connectivity index (χ0) is 20.2. The predicted molar refractivity (Wildman–Crippen MR) is 112 cm³/mol. The van der Waals surface area contributed by atoms with Gasteiger partial charge in [-0.05, 0) is 35.1 Å². The average Bonchev–Trinajstić information content (AvgIpc) is 2.75. The largest absolute Gasteiger partial charge is 0.387 e. The summed E-state index contributed by atoms with van der Waals surface area (Å²) in [6.07, 6.45) is 1.18. The van der Waals surface area contributed by atoms with Crippen LogP contribution < -0.4 is 0 Å². The molecule has 0 bridgehead atoms. The van der Waals surface area contributed by atoms with Gasteiger partial charge in [0.25, 0.3) is 5.69 Å². The molecule has 0 heterocycles. The highest BCUT2D eigenvalue weighted by atomic mass is 16.6. The second kappa shape index (κ2) is 8.55. The van der Waals surface area contributed by atoms with Gasteiger partial charge in [0.15, 0.2) is 0 Å². The Labute approximate surface area is 170 Å². The number of hydrogen-bond donors (Lipinski definition) is 1. The molecular formula is C24H24N2O3. The Kier molecular flexibility index (Phi) is 5.69. The summed E-state index contributed by atoms with van der Waals surface area (Å²) in [6.45, 7) is 1.22. The number of aliphatic hydroxyl groups is 1. The second-order valence-corrected chi connectivity index (χ2v) is 7.57. The Morgan fingerprint density at radius 2 is 1.62 bits per heavy atom. The minimum absolute atomic E-state index is 0.0515. The Bertz CT molecular complexity index is 990. The van der Waals surface area contributed by atoms with E-state index in [0.717, 1.165) is 29.5 Å². The maximum Gasteiger partial charge on any atom is 0.269 e. The maximum atomic E-state index is 11.2. The number of aryl methyl sites for hydroxylation is 1. The standard InChI is InChI=1S/C24H24N2O3/c27-24-22-12-5-4-10-20(22)13-14-23(24)25(16-18-7-2-1-3-8-18)17-19-9-6-11-21(15-19)26(28)29/h1-12,15,23-24,27H,13-14,16-17H2/t23-,24-/m0/s1. The maximum absolute atomic E-state index is 11.2. The van der Waals surface area contributed by atoms with E-state index in [-0.39, 0.29) is 16.7 Å². The molecule has 1 N–H and O–H groups in total. The fourth-order valence-electron chi connectivity index (χ4n) is 4.21. The van der Waals surface area contributed by atoms with Crippen molar-refractivity contribution in [3.63, 3.8) is 0 Å². The van der Waals surface area contributed by atoms with Crippen molar-refractivity contribution in [3.05, 3.63) is 111 Å². The summed E-state index contributed by atoms with van der Waals surface area (Å²) in [6, 6.07) is 24.9. The number of hydrogen-bond acceptors (Lipinski definition) is 4. The highest BCUT2D eigenvalue weighted by Gasteiger charge is 2.32. The van der Waals surface area contributed by atoms with Crippen LogP contribution in [0.5, 0.6) is 0 Å². The predicted octanol–water partition coefficient (Wildman–Crippen LogP) is 4.65. The van der Waals surface area contributed by atoms with Gasteiger partial charge in [0.2, 0.25) is 0 Å². The Morgan fingerprint density at radius 1 is 0.931 bits per heavy atom. The molecule has 0 aromatic heterocycles. The van der Waals surface area contributed by atoms with Crippen molar-refractivity contribution in [2.45, 2.75) is 38.1 Å². The molecule has 1 aliphatic rings. The number of fused-ring (bicyclic) bond motifs is 1. The van der Waals surface area contributed by atoms with Gasteiger partial charge in [-0.2, -0.15) is 0 Å². The Balaban J connectivity index is 1.64. The van der Waals surface area contributed by atoms with Crippen molar-refractivity contribution in [1.82, 2.24) is 4.90 Å². The van der Waals surface area contributed by atoms with Crippen molar-refractivity contribution in [2.75, 3.05) is 0 Å². The number of non-ortho nitro benzene ring substituents is 1. The number of rotatable bonds is 6. The summed E-state index contributed by atoms with van der Waals surface area (Å²) in [5, 5.41) is 22.3. The number of nitro groups is 1. The number of aliphatic hydroxyl groups excluding tert-OH is 1. The minimum Gasteiger partial charge on any atom is -0.387 e. The van der Waals surface area contributed by atoms with Crippen LogP contribution in [0.2, 0.25) is 0 Å². The van der Waals surface area contributed by atoms with Crippen LogP contribution >= 0.6 is 0 Å². The lowest BCUT2D eigenvalue weighted by molar-refractivity contribution is -0.384. The normalized spacial score (nSPS) is 18.4. The van der Waals surface area contributed by atoms with Gasteiger partial charge in [0.1, 0.15) is 0 Å². The van der Waals surface area contributed by atoms with Crippen molar-refractivity contribution in [3.8, 4) is 0 Å². The van der Waals surface area contributed by atoms with E-state index in [1.54, 1.807) is 12.1 Å². The van der Waals surface area contributed by atoms with Crippen LogP contribution in [0.25, 0.3) is 0 Å². The third kappa shape index (κ3) is 4.36. The molecule has 0 fully saturated rings. The molecule has 0 amide bonds. The SMILES string of the molecule is O=[N+]([O-])c1cccc(CN(Cc2ccccc2)[C@H]2CCc3ccccc3[C@@H]2O)c1. The lowest BCUT2D eigenvalue weighted by Crippen LogP contribution is -2.41. The zero-order valence-electron chi connectivity index (χ0n) is 16.1. The zero-order valence-corrected chi connectivity index (χ0v) is 16.1. The molecule has 5 nitrogen and oxygen atoms in total. The first-order chi connectivity index (χ1) is 14.1. The van der Waals surface area contributed by atoms with Gasteiger partial charge in [-0.3, -0.25) is 15.0 Å². The smallest absolute Gasteiger partial charge is 0.269 e. The van der Waals surface area contributed by atoms with Gasteiger partial charge in [0.05, 0.1) is 11.0 Å². The van der Waals surface area contributed by atoms with E-state index in [0.29, 0.717) is 13.1 Å². The van der Waals surface area contributed by atoms with Gasteiger partial charge in [0, 0.05) is 31.3 Å². The average molecular weight is 388 g/mol. The van der Waals surface area contributed by atoms with Gasteiger partial charge in [-0.15, -0.1) is 0 Å². The van der Waals surface area contributed by atoms with Crippen LogP contribution in [0.1, 0.15) is 34.8 Å². The third-order valence-electron chi connectivity index (χ3n) is 5.65. The molecule has 0 unspecified atom stereocenters. The fourth-order valence-corrected chi connectivity index (χ4v) is 4.21. The van der Waals surface area contributed by atoms with E-state index in [4.69, 9.17) is 0 Å². The van der Waals surface area contributed by atoms with E-state index in [9.17, 15) is 15.2 Å². The van der Waals surface area contributed by atoms with Gasteiger partial charge < -0.3 is 5.11 Å². The summed E-state index contributed by atoms with van der Waals surface area (Å²) in [7, 11) is 0. The molecule has 29 heavy (non-hydrogen) atoms. The van der Waals surface area contributed by atoms with Crippen molar-refractivity contribution in [2.24, 2.45) is 0 Å². The molecule has 0 radical (unpaired) electrons. The first kappa shape index (κ1) is 19.3. The summed E-state index contributed by atoms with van der Waals surface area (Å²) in [5.74, 6) is 0. The molecular weight excluding hydrogens is 364 g/mol. The molecule has 0 aliphatic heterocycles. The first-order valence-corrected chi connectivity index (χ1v) is 9.89. The lowest BCUT2D eigenvalue weighted by Gasteiger charge is -2.39. The van der Waals surface area contributed by atoms with Crippen molar-refractivity contribution < 1.29 is 10.0 Å². The molecule has 3 aromatic rings. The number of benzene rings is 3. The summed E-state index contributed by atoms with van der Waals surface area (Å²) in [4.78, 5) is 13.1. The van der Waals surface area contributed by atoms with E-state index in [2.05, 4.69) is 23.1 Å². The summed E-state index contributed by atoms with van der Waals surface area (Å²) >= 11 is 0. The molecule has 0 saturated heterocycles. The summed E-state index contributed by atoms with van der Waals surface area (Å²) in [5.41, 5.74) is 4.31. The van der Waals surface area contributed by atoms with Gasteiger partial charge >= 0.3 is 0 Å². The van der Waals surface area contributed by atoms with Gasteiger partial charge in [-0.25, -0.2) is 0 Å². The second-order valence-electron chi connectivity index (χ2n) is 7.57. The van der Waals surface area contributed by atoms with E-state index >= 15 is 0 Å². The molecule has 3 aromatic carbocycles. The van der Waals surface area contributed by atoms with Gasteiger partial charge in [-0.1, -0.05) is 66.7 Å². The number of nitrogens with zero attached hydrogens (tertiary/aromatic N) is 2. The quantitative estimate of drug-likeness (QED) is 0.493.